The lowest BCUT2D eigenvalue weighted by Crippen LogP contribution is -2.29. The van der Waals surface area contributed by atoms with Gasteiger partial charge in [0, 0.05) is 5.69 Å². The third kappa shape index (κ3) is 2.97. The molecule has 0 radical (unpaired) electrons. The Bertz CT molecular complexity index is 1220. The Labute approximate surface area is 155 Å². The van der Waals surface area contributed by atoms with Gasteiger partial charge < -0.3 is 5.32 Å². The van der Waals surface area contributed by atoms with E-state index in [1.807, 2.05) is 48.5 Å². The second kappa shape index (κ2) is 6.68. The second-order valence-corrected chi connectivity index (χ2v) is 6.39. The maximum atomic E-state index is 12.9. The van der Waals surface area contributed by atoms with Gasteiger partial charge in [-0.2, -0.15) is 0 Å². The van der Waals surface area contributed by atoms with Gasteiger partial charge in [-0.15, -0.1) is 10.2 Å². The topological polar surface area (TPSA) is 81.3 Å². The number of carbonyl (C=O) groups is 1. The largest absolute Gasteiger partial charge is 0.325 e. The second-order valence-electron chi connectivity index (χ2n) is 6.39. The number of anilines is 1. The zero-order chi connectivity index (χ0) is 19.0. The summed E-state index contributed by atoms with van der Waals surface area (Å²) in [6.45, 7) is 3.75. The van der Waals surface area contributed by atoms with Gasteiger partial charge >= 0.3 is 0 Å². The highest BCUT2D eigenvalue weighted by Crippen LogP contribution is 2.16. The molecule has 0 atom stereocenters. The summed E-state index contributed by atoms with van der Waals surface area (Å²) >= 11 is 0. The van der Waals surface area contributed by atoms with Crippen molar-refractivity contribution in [3.63, 3.8) is 0 Å². The van der Waals surface area contributed by atoms with Crippen molar-refractivity contribution in [3.8, 4) is 0 Å². The van der Waals surface area contributed by atoms with Gasteiger partial charge in [-0.3, -0.25) is 18.6 Å². The Hall–Kier alpha value is -3.48. The fourth-order valence-electron chi connectivity index (χ4n) is 3.27. The monoisotopic (exact) mass is 361 g/mol. The minimum Gasteiger partial charge on any atom is -0.325 e. The maximum absolute atomic E-state index is 12.9. The zero-order valence-corrected chi connectivity index (χ0v) is 15.1. The van der Waals surface area contributed by atoms with Crippen LogP contribution in [0.3, 0.4) is 0 Å². The Morgan fingerprint density at radius 2 is 1.85 bits per heavy atom. The Morgan fingerprint density at radius 1 is 1.07 bits per heavy atom. The summed E-state index contributed by atoms with van der Waals surface area (Å²) in [4.78, 5) is 25.5. The molecule has 1 amide bonds. The van der Waals surface area contributed by atoms with Gasteiger partial charge in [0.1, 0.15) is 12.4 Å². The average Bonchev–Trinajstić information content (AvgIpc) is 3.07. The van der Waals surface area contributed by atoms with Crippen molar-refractivity contribution in [1.82, 2.24) is 19.2 Å². The Morgan fingerprint density at radius 3 is 2.63 bits per heavy atom. The van der Waals surface area contributed by atoms with Gasteiger partial charge in [-0.05, 0) is 43.2 Å². The fourth-order valence-corrected chi connectivity index (χ4v) is 3.27. The summed E-state index contributed by atoms with van der Waals surface area (Å²) in [5, 5.41) is 10.9. The highest BCUT2D eigenvalue weighted by molar-refractivity contribution is 5.91. The number of aromatic nitrogens is 4. The summed E-state index contributed by atoms with van der Waals surface area (Å²) in [5.41, 5.74) is 3.18. The van der Waals surface area contributed by atoms with Crippen LogP contribution in [0.15, 0.2) is 53.3 Å². The fraction of sp³-hybridized carbons (Fsp3) is 0.200. The molecule has 27 heavy (non-hydrogen) atoms. The van der Waals surface area contributed by atoms with Crippen molar-refractivity contribution in [1.29, 1.82) is 0 Å². The third-order valence-corrected chi connectivity index (χ3v) is 4.60. The number of amides is 1. The smallest absolute Gasteiger partial charge is 0.297 e. The number of hydrogen-bond acceptors (Lipinski definition) is 4. The molecule has 4 rings (SSSR count). The first-order valence-electron chi connectivity index (χ1n) is 8.80. The average molecular weight is 361 g/mol. The van der Waals surface area contributed by atoms with E-state index < -0.39 is 0 Å². The van der Waals surface area contributed by atoms with E-state index in [2.05, 4.69) is 22.4 Å². The van der Waals surface area contributed by atoms with E-state index in [4.69, 9.17) is 0 Å². The quantitative estimate of drug-likeness (QED) is 0.606. The molecule has 4 aromatic rings. The van der Waals surface area contributed by atoms with E-state index in [1.54, 1.807) is 11.3 Å². The predicted molar refractivity (Wildman–Crippen MR) is 104 cm³/mol. The van der Waals surface area contributed by atoms with Gasteiger partial charge in [0.15, 0.2) is 0 Å². The molecular weight excluding hydrogens is 342 g/mol. The number of carbonyl (C=O) groups excluding carboxylic acids is 1. The standard InChI is InChI=1S/C20H19N5O2/c1-3-14-7-6-8-15(11-14)21-18(26)12-24-16-9-4-5-10-17(16)25-13(2)22-23-19(25)20(24)27/h4-11H,3,12H2,1-2H3,(H,21,26). The van der Waals surface area contributed by atoms with E-state index in [-0.39, 0.29) is 23.7 Å². The van der Waals surface area contributed by atoms with Gasteiger partial charge in [-0.1, -0.05) is 31.2 Å². The number of fused-ring (bicyclic) bond motifs is 3. The maximum Gasteiger partial charge on any atom is 0.297 e. The predicted octanol–water partition coefficient (Wildman–Crippen LogP) is 2.55. The molecule has 7 heteroatoms. The lowest BCUT2D eigenvalue weighted by Gasteiger charge is -2.12. The van der Waals surface area contributed by atoms with Crippen LogP contribution in [0.5, 0.6) is 0 Å². The molecule has 136 valence electrons. The molecule has 0 aliphatic carbocycles. The lowest BCUT2D eigenvalue weighted by atomic mass is 10.1. The van der Waals surface area contributed by atoms with Gasteiger partial charge in [0.25, 0.3) is 5.56 Å². The molecular formula is C20H19N5O2. The van der Waals surface area contributed by atoms with Crippen LogP contribution in [0, 0.1) is 6.92 Å². The number of aryl methyl sites for hydroxylation is 2. The van der Waals surface area contributed by atoms with Gasteiger partial charge in [0.05, 0.1) is 11.0 Å². The number of hydrogen-bond donors (Lipinski definition) is 1. The molecule has 1 N–H and O–H groups in total. The minimum atomic E-state index is -0.341. The normalized spacial score (nSPS) is 11.2. The van der Waals surface area contributed by atoms with Crippen molar-refractivity contribution >= 4 is 28.3 Å². The molecule has 0 fully saturated rings. The molecule has 0 unspecified atom stereocenters. The van der Waals surface area contributed by atoms with Crippen molar-refractivity contribution in [2.24, 2.45) is 0 Å². The van der Waals surface area contributed by atoms with Crippen LogP contribution in [-0.2, 0) is 17.8 Å². The molecule has 0 saturated heterocycles. The molecule has 0 saturated carbocycles. The van der Waals surface area contributed by atoms with Crippen LogP contribution < -0.4 is 10.9 Å². The highest BCUT2D eigenvalue weighted by Gasteiger charge is 2.16. The van der Waals surface area contributed by atoms with Crippen LogP contribution in [0.4, 0.5) is 5.69 Å². The van der Waals surface area contributed by atoms with Crippen LogP contribution in [0.25, 0.3) is 16.7 Å². The summed E-state index contributed by atoms with van der Waals surface area (Å²) < 4.78 is 3.16. The summed E-state index contributed by atoms with van der Waals surface area (Å²) in [6, 6.07) is 15.1. The molecule has 7 nitrogen and oxygen atoms in total. The zero-order valence-electron chi connectivity index (χ0n) is 15.1. The van der Waals surface area contributed by atoms with Crippen LogP contribution in [0.2, 0.25) is 0 Å². The van der Waals surface area contributed by atoms with Crippen LogP contribution in [0.1, 0.15) is 18.3 Å². The SMILES string of the molecule is CCc1cccc(NC(=O)Cn2c(=O)c3nnc(C)n3c3ccccc32)c1. The summed E-state index contributed by atoms with van der Waals surface area (Å²) in [6.07, 6.45) is 0.886. The first kappa shape index (κ1) is 17.0. The molecule has 2 aromatic carbocycles. The van der Waals surface area contributed by atoms with Crippen LogP contribution >= 0.6 is 0 Å². The number of para-hydroxylation sites is 2. The van der Waals surface area contributed by atoms with E-state index in [1.165, 1.54) is 4.57 Å². The van der Waals surface area contributed by atoms with Gasteiger partial charge in [0.2, 0.25) is 11.6 Å². The summed E-state index contributed by atoms with van der Waals surface area (Å²) in [5.74, 6) is 0.363. The molecule has 0 aliphatic rings. The lowest BCUT2D eigenvalue weighted by molar-refractivity contribution is -0.116. The van der Waals surface area contributed by atoms with Gasteiger partial charge in [-0.25, -0.2) is 0 Å². The highest BCUT2D eigenvalue weighted by atomic mass is 16.2. The molecule has 0 spiro atoms. The molecule has 0 aliphatic heterocycles. The van der Waals surface area contributed by atoms with Crippen LogP contribution in [-0.4, -0.2) is 25.1 Å². The number of benzene rings is 2. The van der Waals surface area contributed by atoms with Crippen molar-refractivity contribution in [3.05, 3.63) is 70.3 Å². The number of nitrogens with zero attached hydrogens (tertiary/aromatic N) is 4. The molecule has 2 aromatic heterocycles. The Kier molecular flexibility index (Phi) is 4.19. The van der Waals surface area contributed by atoms with E-state index in [0.29, 0.717) is 11.3 Å². The first-order valence-corrected chi connectivity index (χ1v) is 8.80. The van der Waals surface area contributed by atoms with E-state index in [9.17, 15) is 9.59 Å². The summed E-state index contributed by atoms with van der Waals surface area (Å²) in [7, 11) is 0. The van der Waals surface area contributed by atoms with Crippen molar-refractivity contribution in [2.75, 3.05) is 5.32 Å². The molecule has 2 heterocycles. The van der Waals surface area contributed by atoms with Crippen molar-refractivity contribution in [2.45, 2.75) is 26.8 Å². The number of nitrogens with one attached hydrogen (secondary N) is 1. The van der Waals surface area contributed by atoms with E-state index in [0.717, 1.165) is 23.2 Å². The number of rotatable bonds is 4. The minimum absolute atomic E-state index is 0.0991. The van der Waals surface area contributed by atoms with E-state index >= 15 is 0 Å². The first-order chi connectivity index (χ1) is 13.1. The third-order valence-electron chi connectivity index (χ3n) is 4.60. The Balaban J connectivity index is 1.75. The van der Waals surface area contributed by atoms with Crippen molar-refractivity contribution < 1.29 is 4.79 Å². The molecule has 0 bridgehead atoms.